The van der Waals surface area contributed by atoms with Crippen molar-refractivity contribution in [2.75, 3.05) is 49.9 Å². The van der Waals surface area contributed by atoms with Crippen molar-refractivity contribution < 1.29 is 8.42 Å². The summed E-state index contributed by atoms with van der Waals surface area (Å²) in [5, 5.41) is 3.32. The van der Waals surface area contributed by atoms with E-state index in [-0.39, 0.29) is 29.7 Å². The third-order valence-corrected chi connectivity index (χ3v) is 7.56. The highest BCUT2D eigenvalue weighted by molar-refractivity contribution is 14.0. The van der Waals surface area contributed by atoms with Crippen molar-refractivity contribution in [2.45, 2.75) is 38.9 Å². The molecule has 6 nitrogen and oxygen atoms in total. The second-order valence-corrected chi connectivity index (χ2v) is 10.2. The highest BCUT2D eigenvalue weighted by Gasteiger charge is 2.40. The molecule has 0 unspecified atom stereocenters. The highest BCUT2D eigenvalue weighted by Crippen LogP contribution is 2.23. The second-order valence-electron chi connectivity index (χ2n) is 7.50. The fourth-order valence-electron chi connectivity index (χ4n) is 3.31. The highest BCUT2D eigenvalue weighted by atomic mass is 127. The van der Waals surface area contributed by atoms with Crippen molar-refractivity contribution in [3.8, 4) is 0 Å². The van der Waals surface area contributed by atoms with Gasteiger partial charge < -0.3 is 15.1 Å². The first kappa shape index (κ1) is 25.0. The Morgan fingerprint density at radius 3 is 2.50 bits per heavy atom. The van der Waals surface area contributed by atoms with Crippen LogP contribution in [-0.2, 0) is 9.84 Å². The van der Waals surface area contributed by atoms with Gasteiger partial charge in [0.2, 0.25) is 0 Å². The Balaban J connectivity index is 0.00000392. The van der Waals surface area contributed by atoms with E-state index in [9.17, 15) is 8.42 Å². The quantitative estimate of drug-likeness (QED) is 0.258. The van der Waals surface area contributed by atoms with E-state index in [2.05, 4.69) is 46.3 Å². The summed E-state index contributed by atoms with van der Waals surface area (Å²) in [7, 11) is -3.04. The van der Waals surface area contributed by atoms with E-state index in [1.54, 1.807) is 13.8 Å². The van der Waals surface area contributed by atoms with Gasteiger partial charge in [-0.05, 0) is 46.2 Å². The number of guanidine groups is 1. The molecule has 28 heavy (non-hydrogen) atoms. The molecule has 1 aliphatic heterocycles. The van der Waals surface area contributed by atoms with Crippen molar-refractivity contribution in [3.05, 3.63) is 30.3 Å². The summed E-state index contributed by atoms with van der Waals surface area (Å²) in [6, 6.07) is 10.4. The number of para-hydroxylation sites is 1. The van der Waals surface area contributed by atoms with Crippen molar-refractivity contribution in [1.29, 1.82) is 0 Å². The Morgan fingerprint density at radius 2 is 1.93 bits per heavy atom. The molecule has 0 spiro atoms. The first-order valence-electron chi connectivity index (χ1n) is 9.86. The predicted molar refractivity (Wildman–Crippen MR) is 130 cm³/mol. The number of hydrogen-bond acceptors (Lipinski definition) is 4. The number of nitrogens with one attached hydrogen (secondary N) is 1. The normalized spacial score (nSPS) is 18.3. The van der Waals surface area contributed by atoms with Crippen LogP contribution >= 0.6 is 24.0 Å². The number of anilines is 1. The number of hydrogen-bond donors (Lipinski definition) is 1. The van der Waals surface area contributed by atoms with Gasteiger partial charge in [0, 0.05) is 45.0 Å². The second kappa shape index (κ2) is 11.2. The van der Waals surface area contributed by atoms with Crippen molar-refractivity contribution in [1.82, 2.24) is 10.2 Å². The van der Waals surface area contributed by atoms with Gasteiger partial charge in [-0.1, -0.05) is 18.2 Å². The van der Waals surface area contributed by atoms with Crippen molar-refractivity contribution in [2.24, 2.45) is 4.99 Å². The minimum Gasteiger partial charge on any atom is -0.372 e. The van der Waals surface area contributed by atoms with Crippen LogP contribution in [0.25, 0.3) is 0 Å². The van der Waals surface area contributed by atoms with E-state index >= 15 is 0 Å². The lowest BCUT2D eigenvalue weighted by Crippen LogP contribution is -2.57. The van der Waals surface area contributed by atoms with E-state index in [1.807, 2.05) is 13.0 Å². The molecule has 0 radical (unpaired) electrons. The third-order valence-electron chi connectivity index (χ3n) is 5.03. The first-order chi connectivity index (χ1) is 12.8. The zero-order valence-corrected chi connectivity index (χ0v) is 20.7. The molecule has 8 heteroatoms. The summed E-state index contributed by atoms with van der Waals surface area (Å²) < 4.78 is 23.7. The Morgan fingerprint density at radius 1 is 1.25 bits per heavy atom. The monoisotopic (exact) mass is 522 g/mol. The zero-order valence-electron chi connectivity index (χ0n) is 17.5. The van der Waals surface area contributed by atoms with Gasteiger partial charge in [0.15, 0.2) is 15.8 Å². The molecule has 2 rings (SSSR count). The summed E-state index contributed by atoms with van der Waals surface area (Å²) in [5.74, 6) is 1.01. The molecule has 1 aromatic carbocycles. The minimum atomic E-state index is -3.04. The van der Waals surface area contributed by atoms with Crippen LogP contribution in [0.2, 0.25) is 0 Å². The molecule has 1 saturated heterocycles. The van der Waals surface area contributed by atoms with Gasteiger partial charge in [0.1, 0.15) is 0 Å². The Kier molecular flexibility index (Phi) is 10.0. The van der Waals surface area contributed by atoms with Crippen LogP contribution in [-0.4, -0.2) is 69.0 Å². The van der Waals surface area contributed by atoms with Crippen LogP contribution in [0.3, 0.4) is 0 Å². The number of sulfone groups is 1. The van der Waals surface area contributed by atoms with Crippen LogP contribution in [0.1, 0.15) is 34.1 Å². The average molecular weight is 522 g/mol. The molecule has 0 aromatic heterocycles. The molecule has 0 bridgehead atoms. The SMILES string of the molecule is CCNC(=NCCCN(CC)c1ccccc1)N1CCS(=O)(=O)C(C)(C)C1.I. The van der Waals surface area contributed by atoms with E-state index < -0.39 is 14.6 Å². The molecule has 0 saturated carbocycles. The molecule has 1 aromatic rings. The number of benzene rings is 1. The van der Waals surface area contributed by atoms with Crippen LogP contribution in [0.5, 0.6) is 0 Å². The maximum Gasteiger partial charge on any atom is 0.193 e. The summed E-state index contributed by atoms with van der Waals surface area (Å²) >= 11 is 0. The smallest absolute Gasteiger partial charge is 0.193 e. The van der Waals surface area contributed by atoms with Crippen LogP contribution in [0.15, 0.2) is 35.3 Å². The van der Waals surface area contributed by atoms with Gasteiger partial charge in [0.05, 0.1) is 10.5 Å². The lowest BCUT2D eigenvalue weighted by atomic mass is 10.2. The fourth-order valence-corrected chi connectivity index (χ4v) is 4.67. The van der Waals surface area contributed by atoms with Gasteiger partial charge in [-0.15, -0.1) is 24.0 Å². The maximum absolute atomic E-state index is 12.2. The lowest BCUT2D eigenvalue weighted by molar-refractivity contribution is 0.353. The van der Waals surface area contributed by atoms with E-state index in [0.29, 0.717) is 13.1 Å². The molecule has 1 N–H and O–H groups in total. The maximum atomic E-state index is 12.2. The third kappa shape index (κ3) is 6.50. The fraction of sp³-hybridized carbons (Fsp3) is 0.650. The van der Waals surface area contributed by atoms with Gasteiger partial charge in [-0.2, -0.15) is 0 Å². The topological polar surface area (TPSA) is 65.0 Å². The summed E-state index contributed by atoms with van der Waals surface area (Å²) in [6.45, 7) is 12.2. The van der Waals surface area contributed by atoms with E-state index in [1.165, 1.54) is 5.69 Å². The summed E-state index contributed by atoms with van der Waals surface area (Å²) in [5.41, 5.74) is 1.24. The predicted octanol–water partition coefficient (Wildman–Crippen LogP) is 3.00. The molecular weight excluding hydrogens is 487 g/mol. The molecule has 0 amide bonds. The van der Waals surface area contributed by atoms with Gasteiger partial charge in [0.25, 0.3) is 0 Å². The molecule has 1 aliphatic rings. The number of aliphatic imine (C=N–C) groups is 1. The summed E-state index contributed by atoms with van der Waals surface area (Å²) in [6.07, 6.45) is 0.952. The van der Waals surface area contributed by atoms with Gasteiger partial charge in [-0.25, -0.2) is 8.42 Å². The molecule has 160 valence electrons. The van der Waals surface area contributed by atoms with Crippen LogP contribution in [0, 0.1) is 0 Å². The minimum absolute atomic E-state index is 0. The molecule has 1 heterocycles. The molecule has 0 aliphatic carbocycles. The zero-order chi connectivity index (χ0) is 19.9. The Labute approximate surface area is 187 Å². The first-order valence-corrected chi connectivity index (χ1v) is 11.5. The molecular formula is C20H35IN4O2S. The van der Waals surface area contributed by atoms with Gasteiger partial charge >= 0.3 is 0 Å². The Hall–Kier alpha value is -1.03. The van der Waals surface area contributed by atoms with Gasteiger partial charge in [-0.3, -0.25) is 4.99 Å². The Bertz CT molecular complexity index is 723. The average Bonchev–Trinajstić information content (AvgIpc) is 2.64. The van der Waals surface area contributed by atoms with Crippen LogP contribution < -0.4 is 10.2 Å². The van der Waals surface area contributed by atoms with Crippen molar-refractivity contribution in [3.63, 3.8) is 0 Å². The number of rotatable bonds is 7. The molecule has 0 atom stereocenters. The standard InChI is InChI=1S/C20H34N4O2S.HI/c1-5-21-19(24-15-16-27(25,26)20(3,4)17-24)22-13-10-14-23(6-2)18-11-8-7-9-12-18;/h7-9,11-12H,5-6,10,13-17H2,1-4H3,(H,21,22);1H. The van der Waals surface area contributed by atoms with Crippen molar-refractivity contribution >= 4 is 45.5 Å². The number of nitrogens with zero attached hydrogens (tertiary/aromatic N) is 3. The summed E-state index contributed by atoms with van der Waals surface area (Å²) in [4.78, 5) is 9.19. The van der Waals surface area contributed by atoms with Crippen LogP contribution in [0.4, 0.5) is 5.69 Å². The van der Waals surface area contributed by atoms with E-state index in [4.69, 9.17) is 4.99 Å². The molecule has 1 fully saturated rings. The van der Waals surface area contributed by atoms with E-state index in [0.717, 1.165) is 38.6 Å². The largest absolute Gasteiger partial charge is 0.372 e. The lowest BCUT2D eigenvalue weighted by Gasteiger charge is -2.39. The number of halogens is 1.